The van der Waals surface area contributed by atoms with Gasteiger partial charge in [-0.2, -0.15) is 31.6 Å². The minimum absolute atomic E-state index is 0.00371. The fourth-order valence-corrected chi connectivity index (χ4v) is 3.65. The molecule has 1 fully saturated rings. The van der Waals surface area contributed by atoms with Crippen LogP contribution in [0.25, 0.3) is 0 Å². The first-order valence-electron chi connectivity index (χ1n) is 10.2. The smallest absolute Gasteiger partial charge is 0.425 e. The number of benzene rings is 2. The SMILES string of the molecule is COc1cc(C(F)(F)F)ccc1C1CN(C(=O)c2c(O[C@@H](C)C(F)(F)F)ccc(C#N)c2OC)C1. The van der Waals surface area contributed by atoms with Crippen LogP contribution in [0.1, 0.15) is 39.9 Å². The monoisotopic (exact) mass is 502 g/mol. The molecule has 1 amide bonds. The van der Waals surface area contributed by atoms with Crippen molar-refractivity contribution in [3.63, 3.8) is 0 Å². The highest BCUT2D eigenvalue weighted by molar-refractivity contribution is 6.01. The number of ether oxygens (including phenoxy) is 3. The van der Waals surface area contributed by atoms with Crippen molar-refractivity contribution in [1.82, 2.24) is 4.90 Å². The molecule has 0 radical (unpaired) electrons. The Balaban J connectivity index is 1.89. The van der Waals surface area contributed by atoms with Crippen LogP contribution < -0.4 is 14.2 Å². The van der Waals surface area contributed by atoms with Crippen LogP contribution in [0.2, 0.25) is 0 Å². The third-order valence-electron chi connectivity index (χ3n) is 5.59. The Bertz CT molecular complexity index is 1150. The second kappa shape index (κ2) is 9.56. The standard InChI is InChI=1S/C23H20F6N2O4/c1-12(22(24,25)26)35-17-7-4-13(9-30)20(34-3)19(17)21(32)31-10-14(11-31)16-6-5-15(23(27,28)29)8-18(16)33-2/h4-8,12,14H,10-11H2,1-3H3/t12-/m0/s1. The van der Waals surface area contributed by atoms with Gasteiger partial charge in [-0.1, -0.05) is 6.07 Å². The van der Waals surface area contributed by atoms with Crippen LogP contribution in [0.15, 0.2) is 30.3 Å². The molecule has 0 aromatic heterocycles. The minimum Gasteiger partial charge on any atom is -0.496 e. The van der Waals surface area contributed by atoms with Crippen molar-refractivity contribution >= 4 is 5.91 Å². The van der Waals surface area contributed by atoms with Crippen LogP contribution in [0.4, 0.5) is 26.3 Å². The topological polar surface area (TPSA) is 71.8 Å². The second-order valence-corrected chi connectivity index (χ2v) is 7.79. The zero-order valence-electron chi connectivity index (χ0n) is 18.8. The number of halogens is 6. The zero-order valence-corrected chi connectivity index (χ0v) is 18.8. The fourth-order valence-electron chi connectivity index (χ4n) is 3.65. The van der Waals surface area contributed by atoms with Gasteiger partial charge in [-0.3, -0.25) is 4.79 Å². The van der Waals surface area contributed by atoms with E-state index in [0.717, 1.165) is 32.2 Å². The molecule has 0 spiro atoms. The molecule has 1 saturated heterocycles. The molecule has 0 N–H and O–H groups in total. The summed E-state index contributed by atoms with van der Waals surface area (Å²) in [5.74, 6) is -1.76. The van der Waals surface area contributed by atoms with E-state index >= 15 is 0 Å². The Labute approximate surface area is 196 Å². The molecular formula is C23H20F6N2O4. The highest BCUT2D eigenvalue weighted by Gasteiger charge is 2.41. The van der Waals surface area contributed by atoms with Crippen LogP contribution in [-0.4, -0.2) is 50.4 Å². The van der Waals surface area contributed by atoms with Gasteiger partial charge < -0.3 is 19.1 Å². The number of nitriles is 1. The number of hydrogen-bond acceptors (Lipinski definition) is 5. The minimum atomic E-state index is -4.71. The number of nitrogens with zero attached hydrogens (tertiary/aromatic N) is 2. The number of hydrogen-bond donors (Lipinski definition) is 0. The van der Waals surface area contributed by atoms with Gasteiger partial charge in [0.1, 0.15) is 23.1 Å². The third-order valence-corrected chi connectivity index (χ3v) is 5.59. The molecule has 6 nitrogen and oxygen atoms in total. The highest BCUT2D eigenvalue weighted by atomic mass is 19.4. The lowest BCUT2D eigenvalue weighted by Gasteiger charge is -2.40. The maximum Gasteiger partial charge on any atom is 0.425 e. The van der Waals surface area contributed by atoms with Gasteiger partial charge in [-0.15, -0.1) is 0 Å². The van der Waals surface area contributed by atoms with E-state index in [-0.39, 0.29) is 41.6 Å². The number of methoxy groups -OCH3 is 2. The summed E-state index contributed by atoms with van der Waals surface area (Å²) in [7, 11) is 2.39. The Morgan fingerprint density at radius 1 is 1.06 bits per heavy atom. The van der Waals surface area contributed by atoms with Crippen LogP contribution in [-0.2, 0) is 6.18 Å². The molecule has 0 aliphatic carbocycles. The molecule has 1 aliphatic heterocycles. The van der Waals surface area contributed by atoms with Crippen molar-refractivity contribution < 1.29 is 45.3 Å². The average molecular weight is 502 g/mol. The van der Waals surface area contributed by atoms with Gasteiger partial charge in [0.2, 0.25) is 0 Å². The van der Waals surface area contributed by atoms with E-state index in [1.165, 1.54) is 24.1 Å². The molecule has 0 bridgehead atoms. The summed E-state index contributed by atoms with van der Waals surface area (Å²) in [5.41, 5.74) is -0.863. The first-order valence-corrected chi connectivity index (χ1v) is 10.2. The molecule has 1 heterocycles. The highest BCUT2D eigenvalue weighted by Crippen LogP contribution is 2.41. The fraction of sp³-hybridized carbons (Fsp3) is 0.391. The van der Waals surface area contributed by atoms with Crippen molar-refractivity contribution in [2.45, 2.75) is 31.3 Å². The van der Waals surface area contributed by atoms with Crippen LogP contribution in [0.5, 0.6) is 17.2 Å². The number of likely N-dealkylation sites (tertiary alicyclic amines) is 1. The molecule has 0 unspecified atom stereocenters. The van der Waals surface area contributed by atoms with Crippen LogP contribution >= 0.6 is 0 Å². The Morgan fingerprint density at radius 2 is 1.71 bits per heavy atom. The lowest BCUT2D eigenvalue weighted by molar-refractivity contribution is -0.189. The predicted octanol–water partition coefficient (Wildman–Crippen LogP) is 5.16. The second-order valence-electron chi connectivity index (χ2n) is 7.79. The summed E-state index contributed by atoms with van der Waals surface area (Å²) < 4.78 is 93.4. The van der Waals surface area contributed by atoms with Gasteiger partial charge in [0, 0.05) is 24.6 Å². The summed E-state index contributed by atoms with van der Waals surface area (Å²) in [5, 5.41) is 9.33. The third kappa shape index (κ3) is 5.23. The molecule has 2 aromatic rings. The van der Waals surface area contributed by atoms with E-state index in [1.807, 2.05) is 6.07 Å². The molecule has 1 aliphatic rings. The lowest BCUT2D eigenvalue weighted by Crippen LogP contribution is -2.48. The van der Waals surface area contributed by atoms with Gasteiger partial charge in [0.05, 0.1) is 25.3 Å². The zero-order chi connectivity index (χ0) is 26.1. The summed E-state index contributed by atoms with van der Waals surface area (Å²) in [6, 6.07) is 7.13. The van der Waals surface area contributed by atoms with E-state index in [4.69, 9.17) is 14.2 Å². The van der Waals surface area contributed by atoms with Gasteiger partial charge in [0.15, 0.2) is 11.9 Å². The number of alkyl halides is 6. The number of carbonyl (C=O) groups is 1. The average Bonchev–Trinajstić information content (AvgIpc) is 2.76. The number of amides is 1. The molecule has 188 valence electrons. The van der Waals surface area contributed by atoms with Crippen molar-refractivity contribution in [1.29, 1.82) is 5.26 Å². The van der Waals surface area contributed by atoms with Crippen LogP contribution in [0.3, 0.4) is 0 Å². The van der Waals surface area contributed by atoms with Gasteiger partial charge >= 0.3 is 12.4 Å². The number of rotatable bonds is 6. The van der Waals surface area contributed by atoms with Crippen molar-refractivity contribution in [2.75, 3.05) is 27.3 Å². The molecule has 35 heavy (non-hydrogen) atoms. The Kier molecular flexibility index (Phi) is 7.10. The summed E-state index contributed by atoms with van der Waals surface area (Å²) in [4.78, 5) is 14.5. The van der Waals surface area contributed by atoms with Crippen molar-refractivity contribution in [3.05, 3.63) is 52.6 Å². The van der Waals surface area contributed by atoms with Crippen molar-refractivity contribution in [2.24, 2.45) is 0 Å². The van der Waals surface area contributed by atoms with E-state index < -0.39 is 35.7 Å². The largest absolute Gasteiger partial charge is 0.496 e. The van der Waals surface area contributed by atoms with E-state index in [9.17, 15) is 36.4 Å². The van der Waals surface area contributed by atoms with Gasteiger partial charge in [-0.05, 0) is 31.2 Å². The first-order chi connectivity index (χ1) is 16.3. The Hall–Kier alpha value is -3.62. The van der Waals surface area contributed by atoms with Gasteiger partial charge in [-0.25, -0.2) is 0 Å². The first kappa shape index (κ1) is 26.0. The van der Waals surface area contributed by atoms with Crippen LogP contribution in [0, 0.1) is 11.3 Å². The molecule has 0 saturated carbocycles. The van der Waals surface area contributed by atoms with E-state index in [1.54, 1.807) is 0 Å². The quantitative estimate of drug-likeness (QED) is 0.510. The maximum absolute atomic E-state index is 13.2. The molecule has 12 heteroatoms. The molecular weight excluding hydrogens is 482 g/mol. The molecule has 3 rings (SSSR count). The van der Waals surface area contributed by atoms with E-state index in [0.29, 0.717) is 5.56 Å². The number of carbonyl (C=O) groups excluding carboxylic acids is 1. The Morgan fingerprint density at radius 3 is 2.23 bits per heavy atom. The lowest BCUT2D eigenvalue weighted by atomic mass is 9.89. The maximum atomic E-state index is 13.2. The molecule has 2 aromatic carbocycles. The molecule has 1 atom stereocenters. The van der Waals surface area contributed by atoms with E-state index in [2.05, 4.69) is 0 Å². The van der Waals surface area contributed by atoms with Crippen molar-refractivity contribution in [3.8, 4) is 23.3 Å². The normalized spacial score (nSPS) is 15.1. The summed E-state index contributed by atoms with van der Waals surface area (Å²) in [6.07, 6.45) is -11.5. The predicted molar refractivity (Wildman–Crippen MR) is 110 cm³/mol. The summed E-state index contributed by atoms with van der Waals surface area (Å²) >= 11 is 0. The summed E-state index contributed by atoms with van der Waals surface area (Å²) in [6.45, 7) is 0.874. The van der Waals surface area contributed by atoms with Gasteiger partial charge in [0.25, 0.3) is 5.91 Å².